The number of halogens is 2. The lowest BCUT2D eigenvalue weighted by Crippen LogP contribution is -2.40. The molecule has 0 radical (unpaired) electrons. The molecule has 4 atom stereocenters. The van der Waals surface area contributed by atoms with Crippen LogP contribution >= 0.6 is 0 Å². The van der Waals surface area contributed by atoms with Gasteiger partial charge in [0.1, 0.15) is 11.6 Å². The van der Waals surface area contributed by atoms with Gasteiger partial charge in [-0.2, -0.15) is 10.2 Å². The molecular weight excluding hydrogens is 835 g/mol. The standard InChI is InChI=1S/C48H48F2N10O5/c1-25-18-31(19-26(2)40(25)49)60-42(59-16-15-58(46(59)63)37-11-10-35-32(41(37)50)22-51-55(35)7)38-28(4)57(14-12-34(38)53-60)43(61)33-24-56-23-30(29-13-17-64-47(5,6)21-29)8-9-36(56)39(33)48(20-27(48)3)44-52-45(62)65-54-44/h8-11,15-16,18-19,22-24,27-29H,12-14,17,20-21H2,1-7H3,(H,52,54,62)/t27-,28-,29+,48-/m0/s1. The first-order chi connectivity index (χ1) is 31.1. The Bertz CT molecular complexity index is 3380. The minimum Gasteiger partial charge on any atom is -0.376 e. The van der Waals surface area contributed by atoms with Gasteiger partial charge in [0.05, 0.1) is 62.3 Å². The summed E-state index contributed by atoms with van der Waals surface area (Å²) in [5.41, 5.74) is 4.76. The summed E-state index contributed by atoms with van der Waals surface area (Å²) in [6, 6.07) is 10.2. The number of rotatable bonds is 7. The number of aromatic amines is 1. The van der Waals surface area contributed by atoms with Crippen LogP contribution in [0.4, 0.5) is 8.78 Å². The van der Waals surface area contributed by atoms with Crippen molar-refractivity contribution in [3.8, 4) is 17.2 Å². The lowest BCUT2D eigenvalue weighted by Gasteiger charge is -2.35. The molecule has 1 N–H and O–H groups in total. The molecule has 0 spiro atoms. The van der Waals surface area contributed by atoms with Crippen LogP contribution in [0.15, 0.2) is 81.5 Å². The highest BCUT2D eigenvalue weighted by atomic mass is 19.1. The van der Waals surface area contributed by atoms with E-state index >= 15 is 13.6 Å². The molecule has 2 aliphatic heterocycles. The molecule has 0 bridgehead atoms. The Balaban J connectivity index is 1.06. The van der Waals surface area contributed by atoms with Crippen LogP contribution in [-0.2, 0) is 23.6 Å². The number of aromatic nitrogens is 9. The number of nitrogens with one attached hydrogen (secondary N) is 1. The summed E-state index contributed by atoms with van der Waals surface area (Å²) >= 11 is 0. The molecule has 65 heavy (non-hydrogen) atoms. The van der Waals surface area contributed by atoms with Crippen molar-refractivity contribution in [2.24, 2.45) is 13.0 Å². The first-order valence-corrected chi connectivity index (χ1v) is 22.0. The number of pyridine rings is 1. The molecule has 3 aliphatic rings. The van der Waals surface area contributed by atoms with Crippen LogP contribution in [0, 0.1) is 31.4 Å². The Morgan fingerprint density at radius 2 is 1.69 bits per heavy atom. The van der Waals surface area contributed by atoms with Crippen LogP contribution in [0.2, 0.25) is 0 Å². The number of H-pyrrole nitrogens is 1. The van der Waals surface area contributed by atoms with Crippen molar-refractivity contribution in [1.82, 2.24) is 48.1 Å². The van der Waals surface area contributed by atoms with Crippen molar-refractivity contribution in [3.05, 3.63) is 145 Å². The number of fused-ring (bicyclic) bond motifs is 3. The minimum absolute atomic E-state index is 0.0226. The van der Waals surface area contributed by atoms with Gasteiger partial charge >= 0.3 is 11.4 Å². The number of carbonyl (C=O) groups is 1. The van der Waals surface area contributed by atoms with Crippen LogP contribution in [0.3, 0.4) is 0 Å². The van der Waals surface area contributed by atoms with Crippen LogP contribution in [-0.4, -0.2) is 72.8 Å². The molecule has 8 aromatic rings. The summed E-state index contributed by atoms with van der Waals surface area (Å²) in [7, 11) is 1.72. The Kier molecular flexibility index (Phi) is 9.00. The third kappa shape index (κ3) is 6.14. The molecule has 17 heteroatoms. The second-order valence-electron chi connectivity index (χ2n) is 18.8. The molecule has 334 valence electrons. The van der Waals surface area contributed by atoms with Crippen molar-refractivity contribution >= 4 is 22.3 Å². The van der Waals surface area contributed by atoms with E-state index in [2.05, 4.69) is 54.3 Å². The maximum Gasteiger partial charge on any atom is 0.438 e. The van der Waals surface area contributed by atoms with E-state index in [1.807, 2.05) is 17.5 Å². The zero-order valence-electron chi connectivity index (χ0n) is 37.1. The molecule has 8 heterocycles. The predicted molar refractivity (Wildman–Crippen MR) is 236 cm³/mol. The summed E-state index contributed by atoms with van der Waals surface area (Å²) in [4.78, 5) is 47.3. The van der Waals surface area contributed by atoms with E-state index in [9.17, 15) is 9.59 Å². The molecule has 2 fully saturated rings. The first kappa shape index (κ1) is 40.9. The van der Waals surface area contributed by atoms with Crippen molar-refractivity contribution < 1.29 is 22.8 Å². The maximum atomic E-state index is 16.1. The topological polar surface area (TPSA) is 155 Å². The van der Waals surface area contributed by atoms with Gasteiger partial charge in [0.15, 0.2) is 11.6 Å². The van der Waals surface area contributed by atoms with Crippen LogP contribution in [0.5, 0.6) is 0 Å². The maximum absolute atomic E-state index is 16.1. The van der Waals surface area contributed by atoms with Gasteiger partial charge in [0.25, 0.3) is 5.91 Å². The zero-order valence-corrected chi connectivity index (χ0v) is 37.1. The Labute approximate surface area is 370 Å². The van der Waals surface area contributed by atoms with Gasteiger partial charge < -0.3 is 14.0 Å². The van der Waals surface area contributed by atoms with Crippen molar-refractivity contribution in [3.63, 3.8) is 0 Å². The highest BCUT2D eigenvalue weighted by Crippen LogP contribution is 2.60. The van der Waals surface area contributed by atoms with Gasteiger partial charge in [-0.1, -0.05) is 18.1 Å². The quantitative estimate of drug-likeness (QED) is 0.175. The Morgan fingerprint density at radius 1 is 0.954 bits per heavy atom. The van der Waals surface area contributed by atoms with E-state index in [0.29, 0.717) is 76.8 Å². The number of amides is 1. The number of imidazole rings is 1. The summed E-state index contributed by atoms with van der Waals surface area (Å²) in [5, 5.41) is 13.7. The number of carbonyl (C=O) groups excluding carboxylic acids is 1. The molecule has 6 aromatic heterocycles. The fraction of sp³-hybridized carbons (Fsp3) is 0.375. The molecule has 15 nitrogen and oxygen atoms in total. The third-order valence-corrected chi connectivity index (χ3v) is 14.3. The number of nitrogens with zero attached hydrogens (tertiary/aromatic N) is 9. The lowest BCUT2D eigenvalue weighted by molar-refractivity contribution is -0.0593. The number of hydrogen-bond donors (Lipinski definition) is 1. The lowest BCUT2D eigenvalue weighted by atomic mass is 9.84. The SMILES string of the molecule is Cc1cc(-n2nc3c(c2-n2ccn(-c4ccc5c(cnn5C)c4F)c2=O)[C@H](C)N(C(=O)c2cn4cc([C@@H]5CCOC(C)(C)C5)ccc4c2[C@]2(c4noc(=O)[nH]4)C[C@@H]2C)CC3)cc(C)c1F. The van der Waals surface area contributed by atoms with Crippen molar-refractivity contribution in [2.75, 3.05) is 13.2 Å². The van der Waals surface area contributed by atoms with Gasteiger partial charge in [-0.25, -0.2) is 23.1 Å². The fourth-order valence-electron chi connectivity index (χ4n) is 10.9. The van der Waals surface area contributed by atoms with Crippen LogP contribution in [0.1, 0.15) is 109 Å². The molecule has 11 rings (SSSR count). The van der Waals surface area contributed by atoms with E-state index in [1.54, 1.807) is 65.6 Å². The zero-order chi connectivity index (χ0) is 45.4. The second kappa shape index (κ2) is 14.3. The van der Waals surface area contributed by atoms with E-state index in [1.165, 1.54) is 21.5 Å². The number of ether oxygens (including phenoxy) is 1. The van der Waals surface area contributed by atoms with E-state index in [4.69, 9.17) is 14.4 Å². The predicted octanol–water partition coefficient (Wildman–Crippen LogP) is 7.28. The number of benzene rings is 2. The van der Waals surface area contributed by atoms with Crippen molar-refractivity contribution in [1.29, 1.82) is 0 Å². The largest absolute Gasteiger partial charge is 0.438 e. The molecule has 1 saturated carbocycles. The van der Waals surface area contributed by atoms with E-state index < -0.39 is 28.7 Å². The van der Waals surface area contributed by atoms with E-state index in [0.717, 1.165) is 29.5 Å². The summed E-state index contributed by atoms with van der Waals surface area (Å²) in [6.07, 6.45) is 11.2. The first-order valence-electron chi connectivity index (χ1n) is 22.0. The molecule has 0 unspecified atom stereocenters. The van der Waals surface area contributed by atoms with Gasteiger partial charge in [-0.3, -0.25) is 28.1 Å². The number of hydrogen-bond acceptors (Lipinski definition) is 8. The smallest absolute Gasteiger partial charge is 0.376 e. The van der Waals surface area contributed by atoms with E-state index in [-0.39, 0.29) is 40.2 Å². The molecule has 1 saturated heterocycles. The number of aryl methyl sites for hydroxylation is 3. The molecule has 1 amide bonds. The average Bonchev–Trinajstić information content (AvgIpc) is 3.90. The van der Waals surface area contributed by atoms with Gasteiger partial charge in [0.2, 0.25) is 0 Å². The van der Waals surface area contributed by atoms with Gasteiger partial charge in [-0.05, 0) is 113 Å². The second-order valence-corrected chi connectivity index (χ2v) is 18.8. The summed E-state index contributed by atoms with van der Waals surface area (Å²) in [6.45, 7) is 12.5. The monoisotopic (exact) mass is 882 g/mol. The molecule has 2 aromatic carbocycles. The average molecular weight is 883 g/mol. The molecular formula is C48H48F2N10O5. The highest BCUT2D eigenvalue weighted by molar-refractivity contribution is 5.99. The van der Waals surface area contributed by atoms with Gasteiger partial charge in [0, 0.05) is 62.5 Å². The summed E-state index contributed by atoms with van der Waals surface area (Å²) < 4.78 is 50.2. The minimum atomic E-state index is -0.795. The summed E-state index contributed by atoms with van der Waals surface area (Å²) in [5.74, 6) is -0.864. The highest BCUT2D eigenvalue weighted by Gasteiger charge is 2.59. The van der Waals surface area contributed by atoms with Gasteiger partial charge in [-0.15, -0.1) is 0 Å². The van der Waals surface area contributed by atoms with Crippen molar-refractivity contribution in [2.45, 2.75) is 90.2 Å². The Morgan fingerprint density at radius 3 is 2.40 bits per heavy atom. The third-order valence-electron chi connectivity index (χ3n) is 14.3. The molecule has 1 aliphatic carbocycles. The normalized spacial score (nSPS) is 21.7. The fourth-order valence-corrected chi connectivity index (χ4v) is 10.9. The van der Waals surface area contributed by atoms with Crippen LogP contribution in [0.25, 0.3) is 33.6 Å². The van der Waals surface area contributed by atoms with Crippen LogP contribution < -0.4 is 11.4 Å². The Hall–Kier alpha value is -6.88.